The zero-order valence-corrected chi connectivity index (χ0v) is 13.3. The van der Waals surface area contributed by atoms with E-state index in [0.717, 1.165) is 30.9 Å². The van der Waals surface area contributed by atoms with Gasteiger partial charge in [0, 0.05) is 31.3 Å². The maximum Gasteiger partial charge on any atom is 0.143 e. The molecule has 20 heavy (non-hydrogen) atoms. The van der Waals surface area contributed by atoms with Crippen molar-refractivity contribution in [1.29, 1.82) is 0 Å². The van der Waals surface area contributed by atoms with Crippen LogP contribution >= 0.6 is 11.6 Å². The smallest absolute Gasteiger partial charge is 0.143 e. The summed E-state index contributed by atoms with van der Waals surface area (Å²) in [4.78, 5) is 2.34. The minimum Gasteiger partial charge on any atom is -0.495 e. The minimum absolute atomic E-state index is 0.575. The third kappa shape index (κ3) is 2.96. The molecule has 1 aromatic carbocycles. The van der Waals surface area contributed by atoms with Crippen molar-refractivity contribution < 1.29 is 9.47 Å². The van der Waals surface area contributed by atoms with Gasteiger partial charge in [0.2, 0.25) is 0 Å². The molecule has 0 saturated carbocycles. The summed E-state index contributed by atoms with van der Waals surface area (Å²) >= 11 is 6.16. The van der Waals surface area contributed by atoms with Crippen LogP contribution in [-0.2, 0) is 0 Å². The minimum atomic E-state index is 0.575. The van der Waals surface area contributed by atoms with Crippen molar-refractivity contribution in [2.24, 2.45) is 5.92 Å². The van der Waals surface area contributed by atoms with Gasteiger partial charge in [-0.25, -0.2) is 0 Å². The molecule has 0 radical (unpaired) electrons. The second-order valence-corrected chi connectivity index (χ2v) is 5.67. The molecule has 2 atom stereocenters. The van der Waals surface area contributed by atoms with Gasteiger partial charge in [0.05, 0.1) is 24.9 Å². The van der Waals surface area contributed by atoms with Crippen molar-refractivity contribution in [2.75, 3.05) is 39.3 Å². The second-order valence-electron chi connectivity index (χ2n) is 5.27. The van der Waals surface area contributed by atoms with Gasteiger partial charge in [0.25, 0.3) is 0 Å². The van der Waals surface area contributed by atoms with Crippen LogP contribution in [0.2, 0.25) is 5.02 Å². The topological polar surface area (TPSA) is 33.7 Å². The van der Waals surface area contributed by atoms with E-state index in [0.29, 0.717) is 22.7 Å². The quantitative estimate of drug-likeness (QED) is 0.927. The molecular formula is C15H23ClN2O2. The lowest BCUT2D eigenvalue weighted by molar-refractivity contribution is 0.335. The predicted octanol–water partition coefficient (Wildman–Crippen LogP) is 2.79. The van der Waals surface area contributed by atoms with Crippen LogP contribution in [0.5, 0.6) is 11.5 Å². The molecule has 0 bridgehead atoms. The number of hydrogen-bond donors (Lipinski definition) is 1. The Kier molecular flexibility index (Phi) is 5.00. The van der Waals surface area contributed by atoms with Gasteiger partial charge in [-0.3, -0.25) is 0 Å². The number of anilines is 1. The SMILES string of the molecule is CNC1CCN(c2cc(OC)c(Cl)cc2OC)CC1C. The van der Waals surface area contributed by atoms with E-state index in [2.05, 4.69) is 17.1 Å². The molecule has 1 saturated heterocycles. The van der Waals surface area contributed by atoms with Crippen LogP contribution in [0.3, 0.4) is 0 Å². The lowest BCUT2D eigenvalue weighted by Crippen LogP contribution is -2.47. The zero-order valence-electron chi connectivity index (χ0n) is 12.6. The first kappa shape index (κ1) is 15.3. The molecule has 112 valence electrons. The Morgan fingerprint density at radius 1 is 1.25 bits per heavy atom. The third-order valence-corrected chi connectivity index (χ3v) is 4.37. The van der Waals surface area contributed by atoms with Gasteiger partial charge in [-0.2, -0.15) is 0 Å². The van der Waals surface area contributed by atoms with E-state index in [4.69, 9.17) is 21.1 Å². The Labute approximate surface area is 126 Å². The Hall–Kier alpha value is -1.13. The molecule has 1 fully saturated rings. The van der Waals surface area contributed by atoms with Crippen molar-refractivity contribution >= 4 is 17.3 Å². The van der Waals surface area contributed by atoms with Crippen molar-refractivity contribution in [1.82, 2.24) is 5.32 Å². The number of methoxy groups -OCH3 is 2. The standard InChI is InChI=1S/C15H23ClN2O2/c1-10-9-18(6-5-12(10)17-2)13-8-14(19-3)11(16)7-15(13)20-4/h7-8,10,12,17H,5-6,9H2,1-4H3. The zero-order chi connectivity index (χ0) is 14.7. The molecule has 0 aromatic heterocycles. The van der Waals surface area contributed by atoms with Crippen molar-refractivity contribution in [3.8, 4) is 11.5 Å². The molecule has 0 spiro atoms. The van der Waals surface area contributed by atoms with Gasteiger partial charge in [-0.15, -0.1) is 0 Å². The van der Waals surface area contributed by atoms with Crippen LogP contribution < -0.4 is 19.7 Å². The van der Waals surface area contributed by atoms with Crippen LogP contribution in [0.1, 0.15) is 13.3 Å². The first-order valence-electron chi connectivity index (χ1n) is 6.94. The van der Waals surface area contributed by atoms with Gasteiger partial charge in [0.15, 0.2) is 0 Å². The van der Waals surface area contributed by atoms with Crippen molar-refractivity contribution in [3.05, 3.63) is 17.2 Å². The Morgan fingerprint density at radius 2 is 1.95 bits per heavy atom. The van der Waals surface area contributed by atoms with Gasteiger partial charge in [-0.1, -0.05) is 18.5 Å². The fourth-order valence-electron chi connectivity index (χ4n) is 2.88. The van der Waals surface area contributed by atoms with E-state index in [9.17, 15) is 0 Å². The Balaban J connectivity index is 2.28. The fraction of sp³-hybridized carbons (Fsp3) is 0.600. The number of nitrogens with one attached hydrogen (secondary N) is 1. The summed E-state index contributed by atoms with van der Waals surface area (Å²) in [6.45, 7) is 4.26. The molecule has 5 heteroatoms. The number of rotatable bonds is 4. The molecule has 4 nitrogen and oxygen atoms in total. The van der Waals surface area contributed by atoms with Crippen LogP contribution in [0.4, 0.5) is 5.69 Å². The lowest BCUT2D eigenvalue weighted by atomic mass is 9.93. The molecule has 0 amide bonds. The predicted molar refractivity (Wildman–Crippen MR) is 83.4 cm³/mol. The summed E-state index contributed by atoms with van der Waals surface area (Å²) in [6.07, 6.45) is 1.12. The van der Waals surface area contributed by atoms with E-state index in [1.54, 1.807) is 14.2 Å². The summed E-state index contributed by atoms with van der Waals surface area (Å²) in [5.41, 5.74) is 1.05. The number of hydrogen-bond acceptors (Lipinski definition) is 4. The number of halogens is 1. The van der Waals surface area contributed by atoms with Gasteiger partial charge in [0.1, 0.15) is 11.5 Å². The highest BCUT2D eigenvalue weighted by Gasteiger charge is 2.27. The molecular weight excluding hydrogens is 276 g/mol. The first-order valence-corrected chi connectivity index (χ1v) is 7.32. The van der Waals surface area contributed by atoms with E-state index in [1.165, 1.54) is 0 Å². The number of benzene rings is 1. The van der Waals surface area contributed by atoms with E-state index in [-0.39, 0.29) is 0 Å². The maximum absolute atomic E-state index is 6.16. The second kappa shape index (κ2) is 6.55. The summed E-state index contributed by atoms with van der Waals surface area (Å²) < 4.78 is 10.8. The average molecular weight is 299 g/mol. The summed E-state index contributed by atoms with van der Waals surface area (Å²) in [5.74, 6) is 2.07. The van der Waals surface area contributed by atoms with E-state index in [1.807, 2.05) is 19.2 Å². The number of piperidine rings is 1. The largest absolute Gasteiger partial charge is 0.495 e. The van der Waals surface area contributed by atoms with Crippen molar-refractivity contribution in [2.45, 2.75) is 19.4 Å². The van der Waals surface area contributed by atoms with Crippen LogP contribution in [0, 0.1) is 5.92 Å². The lowest BCUT2D eigenvalue weighted by Gasteiger charge is -2.38. The molecule has 1 aliphatic heterocycles. The first-order chi connectivity index (χ1) is 9.60. The monoisotopic (exact) mass is 298 g/mol. The molecule has 1 aromatic rings. The summed E-state index contributed by atoms with van der Waals surface area (Å²) in [6, 6.07) is 4.37. The molecule has 1 heterocycles. The third-order valence-electron chi connectivity index (χ3n) is 4.07. The number of nitrogens with zero attached hydrogens (tertiary/aromatic N) is 1. The van der Waals surface area contributed by atoms with Crippen LogP contribution in [0.25, 0.3) is 0 Å². The fourth-order valence-corrected chi connectivity index (χ4v) is 3.12. The maximum atomic E-state index is 6.16. The van der Waals surface area contributed by atoms with Crippen LogP contribution in [-0.4, -0.2) is 40.4 Å². The van der Waals surface area contributed by atoms with Gasteiger partial charge in [-0.05, 0) is 19.4 Å². The van der Waals surface area contributed by atoms with E-state index >= 15 is 0 Å². The summed E-state index contributed by atoms with van der Waals surface area (Å²) in [7, 11) is 5.33. The highest BCUT2D eigenvalue weighted by atomic mass is 35.5. The van der Waals surface area contributed by atoms with E-state index < -0.39 is 0 Å². The molecule has 0 aliphatic carbocycles. The molecule has 1 aliphatic rings. The summed E-state index contributed by atoms with van der Waals surface area (Å²) in [5, 5.41) is 3.96. The van der Waals surface area contributed by atoms with Gasteiger partial charge < -0.3 is 19.7 Å². The Bertz CT molecular complexity index is 467. The van der Waals surface area contributed by atoms with Crippen molar-refractivity contribution in [3.63, 3.8) is 0 Å². The molecule has 2 unspecified atom stereocenters. The average Bonchev–Trinajstić information content (AvgIpc) is 2.46. The highest BCUT2D eigenvalue weighted by Crippen LogP contribution is 2.39. The highest BCUT2D eigenvalue weighted by molar-refractivity contribution is 6.32. The Morgan fingerprint density at radius 3 is 2.50 bits per heavy atom. The normalized spacial score (nSPS) is 22.8. The number of ether oxygens (including phenoxy) is 2. The van der Waals surface area contributed by atoms with Gasteiger partial charge >= 0.3 is 0 Å². The molecule has 1 N–H and O–H groups in total. The van der Waals surface area contributed by atoms with Crippen LogP contribution in [0.15, 0.2) is 12.1 Å². The molecule has 2 rings (SSSR count).